The third-order valence-electron chi connectivity index (χ3n) is 4.07. The highest BCUT2D eigenvalue weighted by atomic mass is 14.9. The van der Waals surface area contributed by atoms with Crippen LogP contribution in [0.5, 0.6) is 0 Å². The summed E-state index contributed by atoms with van der Waals surface area (Å²) < 4.78 is 0. The van der Waals surface area contributed by atoms with E-state index in [1.807, 2.05) is 7.05 Å². The Morgan fingerprint density at radius 1 is 1.22 bits per heavy atom. The number of hydrogen-bond acceptors (Lipinski definition) is 3. The highest BCUT2D eigenvalue weighted by molar-refractivity contribution is 5.28. The molecule has 0 saturated heterocycles. The second kappa shape index (κ2) is 4.96. The van der Waals surface area contributed by atoms with E-state index in [2.05, 4.69) is 33.0 Å². The van der Waals surface area contributed by atoms with Gasteiger partial charge in [-0.2, -0.15) is 0 Å². The summed E-state index contributed by atoms with van der Waals surface area (Å²) in [5.74, 6) is 1.68. The first kappa shape index (κ1) is 13.5. The molecular formula is C15H25N3. The predicted molar refractivity (Wildman–Crippen MR) is 74.9 cm³/mol. The molecule has 0 amide bonds. The zero-order chi connectivity index (χ0) is 13.3. The largest absolute Gasteiger partial charge is 0.319 e. The molecule has 18 heavy (non-hydrogen) atoms. The van der Waals surface area contributed by atoms with Gasteiger partial charge in [-0.1, -0.05) is 13.8 Å². The molecule has 1 fully saturated rings. The van der Waals surface area contributed by atoms with Crippen molar-refractivity contribution in [1.29, 1.82) is 0 Å². The Hall–Kier alpha value is -0.960. The minimum absolute atomic E-state index is 0.268. The molecule has 3 nitrogen and oxygen atoms in total. The Morgan fingerprint density at radius 2 is 1.78 bits per heavy atom. The van der Waals surface area contributed by atoms with Gasteiger partial charge in [0.15, 0.2) is 0 Å². The van der Waals surface area contributed by atoms with Gasteiger partial charge in [-0.25, -0.2) is 9.97 Å². The average molecular weight is 247 g/mol. The monoisotopic (exact) mass is 247 g/mol. The fourth-order valence-electron chi connectivity index (χ4n) is 2.48. The van der Waals surface area contributed by atoms with E-state index in [1.54, 1.807) is 0 Å². The summed E-state index contributed by atoms with van der Waals surface area (Å²) in [5.41, 5.74) is 3.96. The summed E-state index contributed by atoms with van der Waals surface area (Å²) in [5, 5.41) is 3.23. The Labute approximate surface area is 110 Å². The maximum absolute atomic E-state index is 4.75. The Kier molecular flexibility index (Phi) is 3.71. The standard InChI is InChI=1S/C15H25N3/c1-10(9-16-5)8-13-11(2)17-14(18-12(13)3)15(4)6-7-15/h10,16H,6-9H2,1-5H3. The van der Waals surface area contributed by atoms with Gasteiger partial charge in [-0.05, 0) is 58.2 Å². The molecule has 0 radical (unpaired) electrons. The second-order valence-electron chi connectivity index (χ2n) is 6.12. The van der Waals surface area contributed by atoms with Gasteiger partial charge in [0.1, 0.15) is 5.82 Å². The van der Waals surface area contributed by atoms with Gasteiger partial charge in [0.05, 0.1) is 0 Å². The van der Waals surface area contributed by atoms with Crippen LogP contribution in [0.2, 0.25) is 0 Å². The molecule has 1 aliphatic carbocycles. The van der Waals surface area contributed by atoms with Crippen LogP contribution in [0.25, 0.3) is 0 Å². The van der Waals surface area contributed by atoms with Crippen molar-refractivity contribution in [1.82, 2.24) is 15.3 Å². The summed E-state index contributed by atoms with van der Waals surface area (Å²) in [6.45, 7) is 9.84. The van der Waals surface area contributed by atoms with Crippen LogP contribution in [-0.2, 0) is 11.8 Å². The molecule has 0 spiro atoms. The van der Waals surface area contributed by atoms with Gasteiger partial charge in [0, 0.05) is 16.8 Å². The molecular weight excluding hydrogens is 222 g/mol. The molecule has 1 N–H and O–H groups in total. The van der Waals surface area contributed by atoms with Crippen LogP contribution in [0.3, 0.4) is 0 Å². The molecule has 1 heterocycles. The number of nitrogens with one attached hydrogen (secondary N) is 1. The Morgan fingerprint density at radius 3 is 2.22 bits per heavy atom. The average Bonchev–Trinajstić information content (AvgIpc) is 3.03. The number of rotatable bonds is 5. The van der Waals surface area contributed by atoms with Crippen molar-refractivity contribution in [2.24, 2.45) is 5.92 Å². The lowest BCUT2D eigenvalue weighted by Gasteiger charge is -2.17. The number of nitrogens with zero attached hydrogens (tertiary/aromatic N) is 2. The molecule has 0 aromatic carbocycles. The SMILES string of the molecule is CNCC(C)Cc1c(C)nc(C2(C)CC2)nc1C. The van der Waals surface area contributed by atoms with Gasteiger partial charge < -0.3 is 5.32 Å². The lowest BCUT2D eigenvalue weighted by Crippen LogP contribution is -2.20. The van der Waals surface area contributed by atoms with Crippen molar-refractivity contribution in [2.45, 2.75) is 52.4 Å². The fourth-order valence-corrected chi connectivity index (χ4v) is 2.48. The summed E-state index contributed by atoms with van der Waals surface area (Å²) in [7, 11) is 2.00. The Bertz CT molecular complexity index is 412. The van der Waals surface area contributed by atoms with Crippen molar-refractivity contribution >= 4 is 0 Å². The van der Waals surface area contributed by atoms with Crippen molar-refractivity contribution in [2.75, 3.05) is 13.6 Å². The quantitative estimate of drug-likeness (QED) is 0.869. The van der Waals surface area contributed by atoms with Crippen LogP contribution < -0.4 is 5.32 Å². The van der Waals surface area contributed by atoms with Gasteiger partial charge in [-0.15, -0.1) is 0 Å². The van der Waals surface area contributed by atoms with Crippen LogP contribution >= 0.6 is 0 Å². The minimum Gasteiger partial charge on any atom is -0.319 e. The normalized spacial score (nSPS) is 18.7. The van der Waals surface area contributed by atoms with Crippen LogP contribution in [-0.4, -0.2) is 23.6 Å². The summed E-state index contributed by atoms with van der Waals surface area (Å²) in [4.78, 5) is 9.50. The van der Waals surface area contributed by atoms with E-state index in [9.17, 15) is 0 Å². The second-order valence-corrected chi connectivity index (χ2v) is 6.12. The van der Waals surface area contributed by atoms with Crippen molar-refractivity contribution in [3.63, 3.8) is 0 Å². The van der Waals surface area contributed by atoms with E-state index < -0.39 is 0 Å². The highest BCUT2D eigenvalue weighted by Gasteiger charge is 2.42. The summed E-state index contributed by atoms with van der Waals surface area (Å²) in [6.07, 6.45) is 3.54. The first-order chi connectivity index (χ1) is 8.46. The zero-order valence-electron chi connectivity index (χ0n) is 12.3. The first-order valence-corrected chi connectivity index (χ1v) is 6.95. The van der Waals surface area contributed by atoms with E-state index in [0.717, 1.165) is 18.8 Å². The molecule has 100 valence electrons. The van der Waals surface area contributed by atoms with Crippen molar-refractivity contribution in [3.8, 4) is 0 Å². The molecule has 1 aliphatic rings. The van der Waals surface area contributed by atoms with E-state index in [4.69, 9.17) is 9.97 Å². The molecule has 1 atom stereocenters. The molecule has 3 heteroatoms. The molecule has 2 rings (SSSR count). The molecule has 1 unspecified atom stereocenters. The lowest BCUT2D eigenvalue weighted by molar-refractivity contribution is 0.535. The molecule has 1 aromatic rings. The predicted octanol–water partition coefficient (Wildman–Crippen LogP) is 2.54. The molecule has 1 aromatic heterocycles. The van der Waals surface area contributed by atoms with E-state index >= 15 is 0 Å². The van der Waals surface area contributed by atoms with Crippen LogP contribution in [0.1, 0.15) is 49.5 Å². The third kappa shape index (κ3) is 2.72. The van der Waals surface area contributed by atoms with Crippen LogP contribution in [0.15, 0.2) is 0 Å². The smallest absolute Gasteiger partial charge is 0.134 e. The molecule has 1 saturated carbocycles. The zero-order valence-corrected chi connectivity index (χ0v) is 12.3. The lowest BCUT2D eigenvalue weighted by atomic mass is 9.98. The topological polar surface area (TPSA) is 37.8 Å². The van der Waals surface area contributed by atoms with Crippen molar-refractivity contribution in [3.05, 3.63) is 22.8 Å². The van der Waals surface area contributed by atoms with Crippen LogP contribution in [0.4, 0.5) is 0 Å². The maximum Gasteiger partial charge on any atom is 0.134 e. The summed E-state index contributed by atoms with van der Waals surface area (Å²) in [6, 6.07) is 0. The number of hydrogen-bond donors (Lipinski definition) is 1. The number of aryl methyl sites for hydroxylation is 2. The van der Waals surface area contributed by atoms with E-state index in [1.165, 1.54) is 29.8 Å². The minimum atomic E-state index is 0.268. The van der Waals surface area contributed by atoms with Gasteiger partial charge in [-0.3, -0.25) is 0 Å². The van der Waals surface area contributed by atoms with Crippen LogP contribution in [0, 0.1) is 19.8 Å². The van der Waals surface area contributed by atoms with Gasteiger partial charge in [0.2, 0.25) is 0 Å². The summed E-state index contributed by atoms with van der Waals surface area (Å²) >= 11 is 0. The number of aromatic nitrogens is 2. The highest BCUT2D eigenvalue weighted by Crippen LogP contribution is 2.46. The Balaban J connectivity index is 2.21. The fraction of sp³-hybridized carbons (Fsp3) is 0.733. The molecule has 0 aliphatic heterocycles. The third-order valence-corrected chi connectivity index (χ3v) is 4.07. The van der Waals surface area contributed by atoms with Gasteiger partial charge in [0.25, 0.3) is 0 Å². The maximum atomic E-state index is 4.75. The molecule has 0 bridgehead atoms. The first-order valence-electron chi connectivity index (χ1n) is 6.95. The van der Waals surface area contributed by atoms with E-state index in [0.29, 0.717) is 5.92 Å². The van der Waals surface area contributed by atoms with Crippen molar-refractivity contribution < 1.29 is 0 Å². The van der Waals surface area contributed by atoms with E-state index in [-0.39, 0.29) is 5.41 Å². The van der Waals surface area contributed by atoms with Gasteiger partial charge >= 0.3 is 0 Å².